The Hall–Kier alpha value is -1.73. The summed E-state index contributed by atoms with van der Waals surface area (Å²) in [5, 5.41) is 10.5. The molecule has 0 saturated heterocycles. The maximum atomic E-state index is 10.5. The molecule has 1 heterocycles. The van der Waals surface area contributed by atoms with Crippen LogP contribution < -0.4 is 17.2 Å². The lowest BCUT2D eigenvalue weighted by Crippen LogP contribution is -2.21. The number of nitrogen functional groups attached to an aromatic ring is 1. The van der Waals surface area contributed by atoms with Crippen LogP contribution in [0.15, 0.2) is 12.3 Å². The van der Waals surface area contributed by atoms with Crippen molar-refractivity contribution in [2.24, 2.45) is 11.5 Å². The van der Waals surface area contributed by atoms with Gasteiger partial charge in [-0.1, -0.05) is 0 Å². The van der Waals surface area contributed by atoms with Crippen LogP contribution in [-0.2, 0) is 0 Å². The second-order valence-electron chi connectivity index (χ2n) is 2.77. The molecule has 1 rings (SSSR count). The number of pyridine rings is 1. The highest BCUT2D eigenvalue weighted by Gasteiger charge is 2.15. The first-order valence-electron chi connectivity index (χ1n) is 3.91. The van der Waals surface area contributed by atoms with Crippen molar-refractivity contribution in [1.29, 1.82) is 0 Å². The fourth-order valence-electron chi connectivity index (χ4n) is 0.964. The van der Waals surface area contributed by atoms with Crippen molar-refractivity contribution in [2.75, 3.05) is 12.3 Å². The van der Waals surface area contributed by atoms with Crippen molar-refractivity contribution in [1.82, 2.24) is 4.98 Å². The zero-order chi connectivity index (χ0) is 10.7. The van der Waals surface area contributed by atoms with Gasteiger partial charge in [-0.25, -0.2) is 4.98 Å². The molecule has 0 spiro atoms. The number of hydrogen-bond donors (Lipinski definition) is 3. The van der Waals surface area contributed by atoms with Crippen molar-refractivity contribution >= 4 is 11.5 Å². The summed E-state index contributed by atoms with van der Waals surface area (Å²) >= 11 is 0. The lowest BCUT2D eigenvalue weighted by atomic mass is 10.1. The molecule has 0 aliphatic carbocycles. The SMILES string of the molecule is NC[C@H](N)c1cnc(N)c([N+](=O)[O-])c1. The molecule has 76 valence electrons. The van der Waals surface area contributed by atoms with Gasteiger partial charge >= 0.3 is 5.69 Å². The molecule has 0 aliphatic heterocycles. The second-order valence-corrected chi connectivity index (χ2v) is 2.77. The van der Waals surface area contributed by atoms with Crippen LogP contribution in [0.25, 0.3) is 0 Å². The minimum atomic E-state index is -0.602. The first kappa shape index (κ1) is 10.4. The predicted molar refractivity (Wildman–Crippen MR) is 51.3 cm³/mol. The summed E-state index contributed by atoms with van der Waals surface area (Å²) in [5.41, 5.74) is 16.5. The number of anilines is 1. The van der Waals surface area contributed by atoms with Gasteiger partial charge < -0.3 is 17.2 Å². The van der Waals surface area contributed by atoms with E-state index in [1.54, 1.807) is 0 Å². The van der Waals surface area contributed by atoms with E-state index in [1.807, 2.05) is 0 Å². The standard InChI is InChI=1S/C7H11N5O2/c8-2-5(9)4-1-6(12(13)14)7(10)11-3-4/h1,3,5H,2,8-9H2,(H2,10,11)/t5-/m0/s1. The molecule has 0 fully saturated rings. The van der Waals surface area contributed by atoms with E-state index in [2.05, 4.69) is 4.98 Å². The molecule has 0 aliphatic rings. The average molecular weight is 197 g/mol. The molecule has 1 aromatic heterocycles. The van der Waals surface area contributed by atoms with Crippen LogP contribution in [0.3, 0.4) is 0 Å². The third-order valence-electron chi connectivity index (χ3n) is 1.80. The Morgan fingerprint density at radius 3 is 2.79 bits per heavy atom. The van der Waals surface area contributed by atoms with E-state index >= 15 is 0 Å². The van der Waals surface area contributed by atoms with Crippen LogP contribution in [0.2, 0.25) is 0 Å². The lowest BCUT2D eigenvalue weighted by Gasteiger charge is -2.08. The molecule has 7 heteroatoms. The van der Waals surface area contributed by atoms with Crippen molar-refractivity contribution in [3.63, 3.8) is 0 Å². The zero-order valence-electron chi connectivity index (χ0n) is 7.38. The third-order valence-corrected chi connectivity index (χ3v) is 1.80. The van der Waals surface area contributed by atoms with E-state index in [0.29, 0.717) is 5.56 Å². The highest BCUT2D eigenvalue weighted by atomic mass is 16.6. The summed E-state index contributed by atoms with van der Waals surface area (Å²) in [6.45, 7) is 0.197. The summed E-state index contributed by atoms with van der Waals surface area (Å²) in [5.74, 6) is -0.122. The van der Waals surface area contributed by atoms with Gasteiger partial charge in [0.15, 0.2) is 0 Å². The third kappa shape index (κ3) is 1.95. The Kier molecular flexibility index (Phi) is 2.95. The van der Waals surface area contributed by atoms with Gasteiger partial charge in [0.25, 0.3) is 0 Å². The van der Waals surface area contributed by atoms with E-state index in [0.717, 1.165) is 0 Å². The summed E-state index contributed by atoms with van der Waals surface area (Å²) in [6, 6.07) is 0.835. The number of rotatable bonds is 3. The fourth-order valence-corrected chi connectivity index (χ4v) is 0.964. The first-order valence-corrected chi connectivity index (χ1v) is 3.91. The number of aromatic nitrogens is 1. The van der Waals surface area contributed by atoms with Crippen molar-refractivity contribution in [3.8, 4) is 0 Å². The normalized spacial score (nSPS) is 12.4. The average Bonchev–Trinajstić information content (AvgIpc) is 2.17. The minimum absolute atomic E-state index is 0.122. The highest BCUT2D eigenvalue weighted by molar-refractivity contribution is 5.53. The van der Waals surface area contributed by atoms with Crippen LogP contribution in [0.5, 0.6) is 0 Å². The molecule has 1 aromatic rings. The van der Waals surface area contributed by atoms with Gasteiger partial charge in [-0.3, -0.25) is 10.1 Å². The first-order chi connectivity index (χ1) is 6.56. The highest BCUT2D eigenvalue weighted by Crippen LogP contribution is 2.21. The maximum absolute atomic E-state index is 10.5. The van der Waals surface area contributed by atoms with Crippen LogP contribution in [-0.4, -0.2) is 16.5 Å². The number of nitrogens with zero attached hydrogens (tertiary/aromatic N) is 2. The summed E-state index contributed by atoms with van der Waals surface area (Å²) in [4.78, 5) is 13.6. The smallest absolute Gasteiger partial charge is 0.311 e. The molecule has 0 saturated carbocycles. The van der Waals surface area contributed by atoms with E-state index in [4.69, 9.17) is 17.2 Å². The largest absolute Gasteiger partial charge is 0.378 e. The minimum Gasteiger partial charge on any atom is -0.378 e. The lowest BCUT2D eigenvalue weighted by molar-refractivity contribution is -0.384. The van der Waals surface area contributed by atoms with Gasteiger partial charge in [0, 0.05) is 24.8 Å². The van der Waals surface area contributed by atoms with E-state index in [9.17, 15) is 10.1 Å². The Bertz CT molecular complexity index is 354. The summed E-state index contributed by atoms with van der Waals surface area (Å²) < 4.78 is 0. The molecule has 0 unspecified atom stereocenters. The maximum Gasteiger partial charge on any atom is 0.311 e. The van der Waals surface area contributed by atoms with E-state index in [1.165, 1.54) is 12.3 Å². The van der Waals surface area contributed by atoms with E-state index < -0.39 is 11.0 Å². The Morgan fingerprint density at radius 1 is 1.64 bits per heavy atom. The van der Waals surface area contributed by atoms with Gasteiger partial charge in [0.1, 0.15) is 0 Å². The number of hydrogen-bond acceptors (Lipinski definition) is 6. The molecular formula is C7H11N5O2. The van der Waals surface area contributed by atoms with Gasteiger partial charge in [-0.05, 0) is 5.56 Å². The van der Waals surface area contributed by atoms with Crippen LogP contribution in [0, 0.1) is 10.1 Å². The van der Waals surface area contributed by atoms with Crippen molar-refractivity contribution in [2.45, 2.75) is 6.04 Å². The van der Waals surface area contributed by atoms with Crippen LogP contribution in [0.1, 0.15) is 11.6 Å². The van der Waals surface area contributed by atoms with Gasteiger partial charge in [-0.15, -0.1) is 0 Å². The quantitative estimate of drug-likeness (QED) is 0.443. The Morgan fingerprint density at radius 2 is 2.29 bits per heavy atom. The molecule has 0 aromatic carbocycles. The van der Waals surface area contributed by atoms with Gasteiger partial charge in [0.05, 0.1) is 4.92 Å². The number of nitrogens with two attached hydrogens (primary N) is 3. The summed E-state index contributed by atoms with van der Waals surface area (Å²) in [7, 11) is 0. The monoisotopic (exact) mass is 197 g/mol. The molecule has 0 radical (unpaired) electrons. The molecule has 6 N–H and O–H groups in total. The number of nitro groups is 1. The molecule has 1 atom stereocenters. The Balaban J connectivity index is 3.12. The van der Waals surface area contributed by atoms with E-state index in [-0.39, 0.29) is 18.1 Å². The zero-order valence-corrected chi connectivity index (χ0v) is 7.38. The Labute approximate surface area is 80.1 Å². The van der Waals surface area contributed by atoms with Crippen molar-refractivity contribution in [3.05, 3.63) is 27.9 Å². The molecular weight excluding hydrogens is 186 g/mol. The fraction of sp³-hybridized carbons (Fsp3) is 0.286. The summed E-state index contributed by atoms with van der Waals surface area (Å²) in [6.07, 6.45) is 1.39. The molecule has 14 heavy (non-hydrogen) atoms. The van der Waals surface area contributed by atoms with Gasteiger partial charge in [0.2, 0.25) is 5.82 Å². The molecule has 7 nitrogen and oxygen atoms in total. The topological polar surface area (TPSA) is 134 Å². The second kappa shape index (κ2) is 3.99. The molecule has 0 amide bonds. The van der Waals surface area contributed by atoms with Gasteiger partial charge in [-0.2, -0.15) is 0 Å². The van der Waals surface area contributed by atoms with Crippen molar-refractivity contribution < 1.29 is 4.92 Å². The van der Waals surface area contributed by atoms with Crippen LogP contribution in [0.4, 0.5) is 11.5 Å². The predicted octanol–water partition coefficient (Wildman–Crippen LogP) is -0.469. The van der Waals surface area contributed by atoms with Crippen LogP contribution >= 0.6 is 0 Å². The molecule has 0 bridgehead atoms.